The lowest BCUT2D eigenvalue weighted by Crippen LogP contribution is -2.13. The second-order valence-corrected chi connectivity index (χ2v) is 5.23. The van der Waals surface area contributed by atoms with Crippen LogP contribution in [0, 0.1) is 11.8 Å². The predicted molar refractivity (Wildman–Crippen MR) is 86.3 cm³/mol. The molecular weight excluding hydrogens is 272 g/mol. The van der Waals surface area contributed by atoms with E-state index in [0.717, 1.165) is 46.7 Å². The van der Waals surface area contributed by atoms with Gasteiger partial charge in [0, 0.05) is 29.1 Å². The first-order valence-electron chi connectivity index (χ1n) is 7.35. The fourth-order valence-corrected chi connectivity index (χ4v) is 2.68. The summed E-state index contributed by atoms with van der Waals surface area (Å²) in [4.78, 5) is 8.99. The van der Waals surface area contributed by atoms with Crippen molar-refractivity contribution in [3.05, 3.63) is 70.7 Å². The van der Waals surface area contributed by atoms with E-state index in [1.165, 1.54) is 0 Å². The van der Waals surface area contributed by atoms with Gasteiger partial charge in [-0.2, -0.15) is 0 Å². The van der Waals surface area contributed by atoms with E-state index >= 15 is 0 Å². The zero-order valence-corrected chi connectivity index (χ0v) is 12.0. The highest BCUT2D eigenvalue weighted by Gasteiger charge is 2.23. The molecule has 0 spiro atoms. The molecule has 1 aliphatic heterocycles. The Kier molecular flexibility index (Phi) is 3.21. The normalized spacial score (nSPS) is 15.3. The molecule has 106 valence electrons. The summed E-state index contributed by atoms with van der Waals surface area (Å²) in [5, 5.41) is 0. The highest BCUT2D eigenvalue weighted by molar-refractivity contribution is 5.75. The molecular formula is C19H14N2O. The minimum Gasteiger partial charge on any atom is -0.485 e. The van der Waals surface area contributed by atoms with Crippen LogP contribution in [0.4, 0.5) is 0 Å². The molecule has 0 N–H and O–H groups in total. The van der Waals surface area contributed by atoms with Gasteiger partial charge in [0.15, 0.2) is 0 Å². The van der Waals surface area contributed by atoms with Crippen LogP contribution in [0.25, 0.3) is 5.76 Å². The second kappa shape index (κ2) is 5.50. The molecule has 0 amide bonds. The van der Waals surface area contributed by atoms with Gasteiger partial charge in [0.05, 0.1) is 11.4 Å². The number of benzene rings is 1. The fraction of sp³-hybridized carbons (Fsp3) is 0.158. The summed E-state index contributed by atoms with van der Waals surface area (Å²) < 4.78 is 5.77. The molecule has 0 unspecified atom stereocenters. The van der Waals surface area contributed by atoms with E-state index in [4.69, 9.17) is 4.74 Å². The number of hydrogen-bond acceptors (Lipinski definition) is 3. The summed E-state index contributed by atoms with van der Waals surface area (Å²) in [6, 6.07) is 12.0. The van der Waals surface area contributed by atoms with Crippen LogP contribution in [0.3, 0.4) is 0 Å². The Hall–Kier alpha value is -2.86. The average molecular weight is 286 g/mol. The lowest BCUT2D eigenvalue weighted by molar-refractivity contribution is 0.324. The van der Waals surface area contributed by atoms with Crippen LogP contribution in [0.1, 0.15) is 28.8 Å². The van der Waals surface area contributed by atoms with Crippen molar-refractivity contribution in [2.75, 3.05) is 6.61 Å². The molecule has 0 fully saturated rings. The van der Waals surface area contributed by atoms with Gasteiger partial charge in [-0.05, 0) is 31.0 Å². The fourth-order valence-electron chi connectivity index (χ4n) is 2.68. The van der Waals surface area contributed by atoms with E-state index in [-0.39, 0.29) is 0 Å². The number of hydrogen-bond donors (Lipinski definition) is 0. The molecule has 1 aromatic carbocycles. The molecule has 4 rings (SSSR count). The minimum atomic E-state index is 0.526. The van der Waals surface area contributed by atoms with Gasteiger partial charge < -0.3 is 4.74 Å². The standard InChI is InChI=1S/C19H14N2O/c1-2-4-14(5-3-1)6-7-15-12-16-17(21-13-15)8-9-18-19(16)22-11-10-20-18/h1-5,10,12-13H,8-9,11H2. The van der Waals surface area contributed by atoms with E-state index < -0.39 is 0 Å². The highest BCUT2D eigenvalue weighted by Crippen LogP contribution is 2.33. The molecule has 1 aromatic heterocycles. The van der Waals surface area contributed by atoms with Crippen molar-refractivity contribution in [1.82, 2.24) is 4.98 Å². The van der Waals surface area contributed by atoms with Crippen LogP contribution in [-0.2, 0) is 11.2 Å². The van der Waals surface area contributed by atoms with Gasteiger partial charge in [0.2, 0.25) is 0 Å². The molecule has 3 heteroatoms. The van der Waals surface area contributed by atoms with E-state index in [9.17, 15) is 0 Å². The Morgan fingerprint density at radius 1 is 1.00 bits per heavy atom. The predicted octanol–water partition coefficient (Wildman–Crippen LogP) is 3.20. The lowest BCUT2D eigenvalue weighted by atomic mass is 9.97. The Morgan fingerprint density at radius 3 is 2.77 bits per heavy atom. The first-order chi connectivity index (χ1) is 10.9. The Morgan fingerprint density at radius 2 is 1.86 bits per heavy atom. The summed E-state index contributed by atoms with van der Waals surface area (Å²) in [5.74, 6) is 7.22. The van der Waals surface area contributed by atoms with Crippen molar-refractivity contribution < 1.29 is 4.74 Å². The molecule has 22 heavy (non-hydrogen) atoms. The van der Waals surface area contributed by atoms with Gasteiger partial charge in [-0.25, -0.2) is 0 Å². The van der Waals surface area contributed by atoms with Crippen molar-refractivity contribution in [3.8, 4) is 11.8 Å². The van der Waals surface area contributed by atoms with Crippen LogP contribution in [0.2, 0.25) is 0 Å². The monoisotopic (exact) mass is 286 g/mol. The molecule has 2 aromatic rings. The van der Waals surface area contributed by atoms with Crippen LogP contribution in [-0.4, -0.2) is 17.8 Å². The van der Waals surface area contributed by atoms with Gasteiger partial charge in [0.1, 0.15) is 12.4 Å². The number of allylic oxidation sites excluding steroid dienone is 1. The Labute approximate surface area is 129 Å². The molecule has 3 nitrogen and oxygen atoms in total. The maximum absolute atomic E-state index is 5.77. The summed E-state index contributed by atoms with van der Waals surface area (Å²) >= 11 is 0. The molecule has 0 radical (unpaired) electrons. The third kappa shape index (κ3) is 2.40. The first-order valence-corrected chi connectivity index (χ1v) is 7.35. The molecule has 0 bridgehead atoms. The quantitative estimate of drug-likeness (QED) is 0.697. The van der Waals surface area contributed by atoms with Crippen molar-refractivity contribution >= 4 is 12.0 Å². The van der Waals surface area contributed by atoms with Gasteiger partial charge in [0.25, 0.3) is 0 Å². The lowest BCUT2D eigenvalue weighted by Gasteiger charge is -2.22. The van der Waals surface area contributed by atoms with E-state index in [2.05, 4.69) is 27.9 Å². The van der Waals surface area contributed by atoms with Gasteiger partial charge in [-0.1, -0.05) is 30.0 Å². The summed E-state index contributed by atoms with van der Waals surface area (Å²) in [7, 11) is 0. The molecule has 2 aliphatic rings. The van der Waals surface area contributed by atoms with Gasteiger partial charge >= 0.3 is 0 Å². The summed E-state index contributed by atoms with van der Waals surface area (Å²) in [6.07, 6.45) is 5.45. The van der Waals surface area contributed by atoms with E-state index in [1.54, 1.807) is 0 Å². The molecule has 1 aliphatic carbocycles. The second-order valence-electron chi connectivity index (χ2n) is 5.23. The molecule has 2 heterocycles. The largest absolute Gasteiger partial charge is 0.485 e. The van der Waals surface area contributed by atoms with Crippen LogP contribution in [0.5, 0.6) is 0 Å². The third-order valence-corrected chi connectivity index (χ3v) is 3.75. The summed E-state index contributed by atoms with van der Waals surface area (Å²) in [6.45, 7) is 0.526. The maximum atomic E-state index is 5.77. The molecule has 0 saturated heterocycles. The zero-order valence-electron chi connectivity index (χ0n) is 12.0. The number of ether oxygens (including phenoxy) is 1. The summed E-state index contributed by atoms with van der Waals surface area (Å²) in [5.41, 5.74) is 5.03. The molecule has 0 atom stereocenters. The van der Waals surface area contributed by atoms with Crippen LogP contribution in [0.15, 0.2) is 53.3 Å². The SMILES string of the molecule is C(#Cc1cnc2c(c1)C1=C(CC2)N=CCO1)c1ccccc1. The van der Waals surface area contributed by atoms with Gasteiger partial charge in [-0.3, -0.25) is 9.98 Å². The number of rotatable bonds is 0. The van der Waals surface area contributed by atoms with Crippen molar-refractivity contribution in [1.29, 1.82) is 0 Å². The van der Waals surface area contributed by atoms with Crippen LogP contribution >= 0.6 is 0 Å². The van der Waals surface area contributed by atoms with Crippen molar-refractivity contribution in [2.45, 2.75) is 12.8 Å². The number of aliphatic imine (C=N–C) groups is 1. The molecule has 0 saturated carbocycles. The number of fused-ring (bicyclic) bond motifs is 2. The smallest absolute Gasteiger partial charge is 0.150 e. The van der Waals surface area contributed by atoms with Crippen molar-refractivity contribution in [3.63, 3.8) is 0 Å². The first kappa shape index (κ1) is 12.8. The Bertz CT molecular complexity index is 839. The van der Waals surface area contributed by atoms with Crippen LogP contribution < -0.4 is 0 Å². The number of nitrogens with zero attached hydrogens (tertiary/aromatic N) is 2. The van der Waals surface area contributed by atoms with E-state index in [1.807, 2.05) is 42.7 Å². The third-order valence-electron chi connectivity index (χ3n) is 3.75. The number of pyridine rings is 1. The Balaban J connectivity index is 1.72. The average Bonchev–Trinajstić information content (AvgIpc) is 2.60. The topological polar surface area (TPSA) is 34.5 Å². The zero-order chi connectivity index (χ0) is 14.8. The van der Waals surface area contributed by atoms with E-state index in [0.29, 0.717) is 6.61 Å². The maximum Gasteiger partial charge on any atom is 0.150 e. The van der Waals surface area contributed by atoms with Gasteiger partial charge in [-0.15, -0.1) is 0 Å². The number of aryl methyl sites for hydroxylation is 1. The minimum absolute atomic E-state index is 0.526. The van der Waals surface area contributed by atoms with Crippen molar-refractivity contribution in [2.24, 2.45) is 4.99 Å². The number of aromatic nitrogens is 1. The highest BCUT2D eigenvalue weighted by atomic mass is 16.5.